The molecule has 0 unspecified atom stereocenters. The van der Waals surface area contributed by atoms with E-state index in [0.717, 1.165) is 44.8 Å². The minimum atomic E-state index is -2.99. The molecule has 3 aliphatic heterocycles. The Labute approximate surface area is 148 Å². The van der Waals surface area contributed by atoms with Gasteiger partial charge in [0.25, 0.3) is 0 Å². The summed E-state index contributed by atoms with van der Waals surface area (Å²) in [6.07, 6.45) is 3.65. The van der Waals surface area contributed by atoms with Crippen molar-refractivity contribution in [1.82, 2.24) is 15.3 Å². The largest absolute Gasteiger partial charge is 0.396 e. The molecule has 0 aromatic carbocycles. The lowest BCUT2D eigenvalue weighted by molar-refractivity contribution is 0.202. The number of anilines is 2. The lowest BCUT2D eigenvalue weighted by Crippen LogP contribution is -2.57. The summed E-state index contributed by atoms with van der Waals surface area (Å²) in [6, 6.07) is 1.80. The number of hydrogen-bond donors (Lipinski definition) is 2. The molecule has 8 nitrogen and oxygen atoms in total. The number of nitrogens with zero attached hydrogens (tertiary/aromatic N) is 4. The van der Waals surface area contributed by atoms with Crippen LogP contribution in [0.5, 0.6) is 0 Å². The van der Waals surface area contributed by atoms with Crippen molar-refractivity contribution in [2.75, 3.05) is 54.1 Å². The van der Waals surface area contributed by atoms with Gasteiger partial charge in [0.2, 0.25) is 5.95 Å². The van der Waals surface area contributed by atoms with Crippen LogP contribution >= 0.6 is 0 Å². The van der Waals surface area contributed by atoms with Crippen LogP contribution in [0.1, 0.15) is 12.8 Å². The lowest BCUT2D eigenvalue weighted by atomic mass is 9.98. The number of sulfone groups is 1. The zero-order chi connectivity index (χ0) is 17.4. The molecule has 25 heavy (non-hydrogen) atoms. The first-order valence-electron chi connectivity index (χ1n) is 8.95. The van der Waals surface area contributed by atoms with Crippen LogP contribution < -0.4 is 15.1 Å². The molecule has 0 bridgehead atoms. The Morgan fingerprint density at radius 3 is 2.80 bits per heavy atom. The van der Waals surface area contributed by atoms with E-state index in [1.54, 1.807) is 6.20 Å². The smallest absolute Gasteiger partial charge is 0.227 e. The number of aliphatic hydroxyl groups excluding tert-OH is 1. The maximum absolute atomic E-state index is 12.0. The number of rotatable bonds is 3. The van der Waals surface area contributed by atoms with Crippen LogP contribution in [0.25, 0.3) is 0 Å². The number of piperidine rings is 1. The van der Waals surface area contributed by atoms with Crippen LogP contribution in [-0.2, 0) is 9.84 Å². The van der Waals surface area contributed by atoms with E-state index in [1.807, 2.05) is 6.07 Å². The highest BCUT2D eigenvalue weighted by Gasteiger charge is 2.43. The highest BCUT2D eigenvalue weighted by atomic mass is 32.2. The molecule has 2 atom stereocenters. The van der Waals surface area contributed by atoms with Crippen molar-refractivity contribution in [2.45, 2.75) is 24.9 Å². The summed E-state index contributed by atoms with van der Waals surface area (Å²) < 4.78 is 24.0. The second-order valence-electron chi connectivity index (χ2n) is 7.23. The van der Waals surface area contributed by atoms with E-state index in [-0.39, 0.29) is 30.2 Å². The SMILES string of the molecule is O=S1(=O)C[C@@H]2NCCN(c3ccnc(N4CCC(CO)CC4)n3)[C@@H]2C1. The Balaban J connectivity index is 1.53. The second kappa shape index (κ2) is 6.69. The summed E-state index contributed by atoms with van der Waals surface area (Å²) in [4.78, 5) is 13.4. The number of piperazine rings is 1. The van der Waals surface area contributed by atoms with Gasteiger partial charge in [0.05, 0.1) is 17.5 Å². The van der Waals surface area contributed by atoms with Crippen molar-refractivity contribution < 1.29 is 13.5 Å². The van der Waals surface area contributed by atoms with Gasteiger partial charge in [-0.2, -0.15) is 4.98 Å². The first kappa shape index (κ1) is 17.0. The maximum atomic E-state index is 12.0. The van der Waals surface area contributed by atoms with Crippen molar-refractivity contribution in [3.63, 3.8) is 0 Å². The molecule has 0 aliphatic carbocycles. The van der Waals surface area contributed by atoms with Crippen molar-refractivity contribution in [1.29, 1.82) is 0 Å². The Hall–Kier alpha value is -1.45. The Bertz CT molecular complexity index is 720. The molecule has 9 heteroatoms. The topological polar surface area (TPSA) is 98.7 Å². The molecule has 1 aromatic heterocycles. The van der Waals surface area contributed by atoms with Gasteiger partial charge in [0.15, 0.2) is 9.84 Å². The highest BCUT2D eigenvalue weighted by Crippen LogP contribution is 2.27. The molecule has 3 aliphatic rings. The third-order valence-electron chi connectivity index (χ3n) is 5.56. The fraction of sp³-hybridized carbons (Fsp3) is 0.750. The summed E-state index contributed by atoms with van der Waals surface area (Å²) in [5, 5.41) is 12.6. The van der Waals surface area contributed by atoms with Crippen LogP contribution in [-0.4, -0.2) is 79.9 Å². The minimum Gasteiger partial charge on any atom is -0.396 e. The summed E-state index contributed by atoms with van der Waals surface area (Å²) in [5.41, 5.74) is 0. The second-order valence-corrected chi connectivity index (χ2v) is 9.38. The van der Waals surface area contributed by atoms with Gasteiger partial charge in [-0.15, -0.1) is 0 Å². The van der Waals surface area contributed by atoms with E-state index in [9.17, 15) is 13.5 Å². The molecule has 1 aromatic rings. The maximum Gasteiger partial charge on any atom is 0.227 e. The van der Waals surface area contributed by atoms with Crippen LogP contribution in [0.3, 0.4) is 0 Å². The number of hydrogen-bond acceptors (Lipinski definition) is 8. The van der Waals surface area contributed by atoms with Crippen molar-refractivity contribution in [3.8, 4) is 0 Å². The zero-order valence-corrected chi connectivity index (χ0v) is 15.0. The molecule has 4 heterocycles. The monoisotopic (exact) mass is 367 g/mol. The molecule has 2 N–H and O–H groups in total. The molecule has 3 fully saturated rings. The normalized spacial score (nSPS) is 29.6. The summed E-state index contributed by atoms with van der Waals surface area (Å²) >= 11 is 0. The fourth-order valence-electron chi connectivity index (χ4n) is 4.12. The quantitative estimate of drug-likeness (QED) is 0.721. The standard InChI is InChI=1S/C16H25N5O3S/c22-9-12-2-6-20(7-3-12)16-18-4-1-15(19-16)21-8-5-17-13-10-25(23,24)11-14(13)21/h1,4,12-14,17,22H,2-3,5-11H2/t13-,14+/m0/s1. The van der Waals surface area contributed by atoms with Crippen LogP contribution in [0.4, 0.5) is 11.8 Å². The minimum absolute atomic E-state index is 0.0162. The van der Waals surface area contributed by atoms with E-state index in [4.69, 9.17) is 4.98 Å². The first-order chi connectivity index (χ1) is 12.1. The number of aliphatic hydroxyl groups is 1. The van der Waals surface area contributed by atoms with Crippen LogP contribution in [0.2, 0.25) is 0 Å². The molecular formula is C16H25N5O3S. The van der Waals surface area contributed by atoms with Gasteiger partial charge in [0.1, 0.15) is 5.82 Å². The van der Waals surface area contributed by atoms with Gasteiger partial charge in [-0.3, -0.25) is 0 Å². The predicted molar refractivity (Wildman–Crippen MR) is 95.6 cm³/mol. The lowest BCUT2D eigenvalue weighted by Gasteiger charge is -2.38. The van der Waals surface area contributed by atoms with E-state index in [2.05, 4.69) is 20.1 Å². The van der Waals surface area contributed by atoms with Gasteiger partial charge in [-0.25, -0.2) is 13.4 Å². The Morgan fingerprint density at radius 2 is 2.04 bits per heavy atom. The molecule has 0 spiro atoms. The Morgan fingerprint density at radius 1 is 1.24 bits per heavy atom. The highest BCUT2D eigenvalue weighted by molar-refractivity contribution is 7.91. The molecule has 0 saturated carbocycles. The summed E-state index contributed by atoms with van der Waals surface area (Å²) in [6.45, 7) is 3.44. The van der Waals surface area contributed by atoms with Crippen molar-refractivity contribution in [2.24, 2.45) is 5.92 Å². The van der Waals surface area contributed by atoms with Gasteiger partial charge in [0, 0.05) is 45.0 Å². The van der Waals surface area contributed by atoms with E-state index in [1.165, 1.54) is 0 Å². The van der Waals surface area contributed by atoms with Crippen LogP contribution in [0, 0.1) is 5.92 Å². The van der Waals surface area contributed by atoms with E-state index >= 15 is 0 Å². The van der Waals surface area contributed by atoms with E-state index < -0.39 is 9.84 Å². The van der Waals surface area contributed by atoms with Gasteiger partial charge < -0.3 is 20.2 Å². The average molecular weight is 367 g/mol. The zero-order valence-electron chi connectivity index (χ0n) is 14.2. The Kier molecular flexibility index (Phi) is 4.55. The third-order valence-corrected chi connectivity index (χ3v) is 7.28. The molecule has 0 amide bonds. The van der Waals surface area contributed by atoms with Gasteiger partial charge in [-0.05, 0) is 24.8 Å². The number of aromatic nitrogens is 2. The van der Waals surface area contributed by atoms with Crippen molar-refractivity contribution in [3.05, 3.63) is 12.3 Å². The third kappa shape index (κ3) is 3.45. The average Bonchev–Trinajstić information content (AvgIpc) is 2.95. The molecular weight excluding hydrogens is 342 g/mol. The molecule has 0 radical (unpaired) electrons. The number of fused-ring (bicyclic) bond motifs is 1. The predicted octanol–water partition coefficient (Wildman–Crippen LogP) is -0.739. The van der Waals surface area contributed by atoms with Crippen molar-refractivity contribution >= 4 is 21.6 Å². The summed E-state index contributed by atoms with van der Waals surface area (Å²) in [5.74, 6) is 2.27. The molecule has 3 saturated heterocycles. The fourth-order valence-corrected chi connectivity index (χ4v) is 6.07. The van der Waals surface area contributed by atoms with Gasteiger partial charge >= 0.3 is 0 Å². The first-order valence-corrected chi connectivity index (χ1v) is 10.8. The van der Waals surface area contributed by atoms with Gasteiger partial charge in [-0.1, -0.05) is 0 Å². The number of nitrogens with one attached hydrogen (secondary N) is 1. The summed E-state index contributed by atoms with van der Waals surface area (Å²) in [7, 11) is -2.99. The molecule has 138 valence electrons. The van der Waals surface area contributed by atoms with E-state index in [0.29, 0.717) is 11.9 Å². The molecule has 4 rings (SSSR count). The van der Waals surface area contributed by atoms with Crippen LogP contribution in [0.15, 0.2) is 12.3 Å².